The third kappa shape index (κ3) is 10.6. The second-order valence-electron chi connectivity index (χ2n) is 12.6. The molecular formula is C33H46ClN4O12P. The van der Waals surface area contributed by atoms with Gasteiger partial charge in [0.25, 0.3) is 0 Å². The molecule has 1 aliphatic heterocycles. The number of nitriles is 1. The van der Waals surface area contributed by atoms with E-state index < -0.39 is 75.9 Å². The van der Waals surface area contributed by atoms with Crippen LogP contribution in [0.25, 0.3) is 11.0 Å². The van der Waals surface area contributed by atoms with Crippen molar-refractivity contribution in [3.05, 3.63) is 23.0 Å². The van der Waals surface area contributed by atoms with Gasteiger partial charge in [0.1, 0.15) is 35.8 Å². The number of nitrogens with one attached hydrogen (secondary N) is 1. The standard InChI is InChI=1S/C33H46ClN4O12P/c1-5-9-25(39)45-17-47-51(43,48-18-46-26(40)10-6-2)19-44-16-24-29(50-33(42)20(3)4)28(41)32(49-24)38-14-13-22-27(36-21-11-7-8-12-21)23(15-35)30(34)37-31(22)38/h13-14,20-21,24,28-29,32,41H,5-12,16-19H2,1-4H3,(H,36,37)/t24-,28-,29-,32-/m1/s1. The van der Waals surface area contributed by atoms with Gasteiger partial charge >= 0.3 is 25.5 Å². The van der Waals surface area contributed by atoms with E-state index in [0.29, 0.717) is 29.6 Å². The van der Waals surface area contributed by atoms with Crippen LogP contribution in [-0.4, -0.2) is 83.5 Å². The molecule has 2 aromatic rings. The van der Waals surface area contributed by atoms with Crippen LogP contribution in [0.1, 0.15) is 90.9 Å². The van der Waals surface area contributed by atoms with Crippen molar-refractivity contribution in [3.63, 3.8) is 0 Å². The molecule has 1 saturated heterocycles. The number of hydrogen-bond acceptors (Lipinski definition) is 15. The van der Waals surface area contributed by atoms with E-state index in [0.717, 1.165) is 25.7 Å². The van der Waals surface area contributed by atoms with E-state index in [1.807, 2.05) is 0 Å². The summed E-state index contributed by atoms with van der Waals surface area (Å²) in [4.78, 5) is 40.8. The Morgan fingerprint density at radius 1 is 1.14 bits per heavy atom. The number of hydrogen-bond donors (Lipinski definition) is 2. The van der Waals surface area contributed by atoms with Crippen LogP contribution in [0, 0.1) is 17.2 Å². The van der Waals surface area contributed by atoms with Crippen LogP contribution in [0.15, 0.2) is 12.3 Å². The van der Waals surface area contributed by atoms with Crippen LogP contribution in [0.4, 0.5) is 5.69 Å². The molecule has 1 aliphatic carbocycles. The average Bonchev–Trinajstić information content (AvgIpc) is 3.81. The molecule has 1 saturated carbocycles. The zero-order chi connectivity index (χ0) is 37.1. The summed E-state index contributed by atoms with van der Waals surface area (Å²) in [6.45, 7) is 5.05. The van der Waals surface area contributed by atoms with Crippen molar-refractivity contribution >= 4 is 53.8 Å². The SMILES string of the molecule is CCCC(=O)OCOP(=O)(COC[C@H]1O[C@@H](n2ccc3c(NC4CCCC4)c(C#N)c(Cl)nc32)[C@H](O)[C@@H]1OC(=O)C(C)C)OCOC(=O)CCC. The van der Waals surface area contributed by atoms with Crippen molar-refractivity contribution in [1.29, 1.82) is 5.26 Å². The first-order valence-corrected chi connectivity index (χ1v) is 19.2. The Hall–Kier alpha value is -3.29. The van der Waals surface area contributed by atoms with Crippen LogP contribution in [-0.2, 0) is 51.7 Å². The molecule has 2 fully saturated rings. The number of pyridine rings is 1. The molecule has 2 aliphatic rings. The van der Waals surface area contributed by atoms with Gasteiger partial charge in [-0.15, -0.1) is 0 Å². The number of rotatable bonds is 19. The molecule has 0 unspecified atom stereocenters. The molecule has 282 valence electrons. The van der Waals surface area contributed by atoms with Crippen LogP contribution >= 0.6 is 19.2 Å². The number of anilines is 1. The highest BCUT2D eigenvalue weighted by Crippen LogP contribution is 2.48. The van der Waals surface area contributed by atoms with Gasteiger partial charge in [0.05, 0.1) is 18.2 Å². The Labute approximate surface area is 301 Å². The molecule has 4 rings (SSSR count). The van der Waals surface area contributed by atoms with Crippen molar-refractivity contribution in [2.24, 2.45) is 5.92 Å². The Morgan fingerprint density at radius 3 is 2.33 bits per heavy atom. The fourth-order valence-corrected chi connectivity index (χ4v) is 6.86. The largest absolute Gasteiger partial charge is 0.456 e. The molecule has 51 heavy (non-hydrogen) atoms. The lowest BCUT2D eigenvalue weighted by Gasteiger charge is -2.23. The fourth-order valence-electron chi connectivity index (χ4n) is 5.66. The van der Waals surface area contributed by atoms with E-state index in [1.54, 1.807) is 40.0 Å². The van der Waals surface area contributed by atoms with E-state index >= 15 is 0 Å². The van der Waals surface area contributed by atoms with Gasteiger partial charge in [-0.25, -0.2) is 4.98 Å². The number of carbonyl (C=O) groups is 3. The van der Waals surface area contributed by atoms with Gasteiger partial charge in [0.15, 0.2) is 17.5 Å². The normalized spacial score (nSPS) is 20.8. The number of aromatic nitrogens is 2. The topological polar surface area (TPSA) is 207 Å². The minimum absolute atomic E-state index is 0.0305. The third-order valence-electron chi connectivity index (χ3n) is 8.32. The first-order valence-electron chi connectivity index (χ1n) is 17.1. The van der Waals surface area contributed by atoms with E-state index in [-0.39, 0.29) is 36.2 Å². The highest BCUT2D eigenvalue weighted by atomic mass is 35.5. The summed E-state index contributed by atoms with van der Waals surface area (Å²) in [6, 6.07) is 4.03. The van der Waals surface area contributed by atoms with Crippen molar-refractivity contribution < 1.29 is 56.8 Å². The fraction of sp³-hybridized carbons (Fsp3) is 0.667. The van der Waals surface area contributed by atoms with Gasteiger partial charge in [-0.3, -0.25) is 28.0 Å². The maximum absolute atomic E-state index is 13.5. The lowest BCUT2D eigenvalue weighted by atomic mass is 10.1. The monoisotopic (exact) mass is 756 g/mol. The van der Waals surface area contributed by atoms with E-state index in [9.17, 15) is 29.3 Å². The number of ether oxygens (including phenoxy) is 5. The zero-order valence-electron chi connectivity index (χ0n) is 29.2. The zero-order valence-corrected chi connectivity index (χ0v) is 30.9. The van der Waals surface area contributed by atoms with Crippen LogP contribution in [0.3, 0.4) is 0 Å². The molecule has 4 atom stereocenters. The summed E-state index contributed by atoms with van der Waals surface area (Å²) in [7, 11) is -4.20. The van der Waals surface area contributed by atoms with Gasteiger partial charge < -0.3 is 38.7 Å². The number of halogens is 1. The summed E-state index contributed by atoms with van der Waals surface area (Å²) < 4.78 is 53.1. The molecule has 0 spiro atoms. The second-order valence-corrected chi connectivity index (χ2v) is 15.0. The van der Waals surface area contributed by atoms with Crippen molar-refractivity contribution in [2.75, 3.05) is 31.9 Å². The Balaban J connectivity index is 1.54. The quantitative estimate of drug-likeness (QED) is 0.0593. The van der Waals surface area contributed by atoms with Crippen LogP contribution in [0.2, 0.25) is 5.15 Å². The number of carbonyl (C=O) groups excluding carboxylic acids is 3. The first-order chi connectivity index (χ1) is 24.4. The van der Waals surface area contributed by atoms with Crippen LogP contribution in [0.5, 0.6) is 0 Å². The van der Waals surface area contributed by atoms with Crippen molar-refractivity contribution in [2.45, 2.75) is 110 Å². The predicted molar refractivity (Wildman–Crippen MR) is 182 cm³/mol. The molecular weight excluding hydrogens is 711 g/mol. The lowest BCUT2D eigenvalue weighted by Crippen LogP contribution is -2.39. The molecule has 18 heteroatoms. The number of aliphatic hydroxyl groups excluding tert-OH is 1. The highest BCUT2D eigenvalue weighted by molar-refractivity contribution is 7.53. The Morgan fingerprint density at radius 2 is 1.76 bits per heavy atom. The third-order valence-corrected chi connectivity index (χ3v) is 10.1. The molecule has 2 aromatic heterocycles. The number of nitrogens with zero attached hydrogens (tertiary/aromatic N) is 3. The van der Waals surface area contributed by atoms with Gasteiger partial charge in [0.2, 0.25) is 13.6 Å². The summed E-state index contributed by atoms with van der Waals surface area (Å²) in [5, 5.41) is 25.4. The molecule has 0 radical (unpaired) electrons. The number of esters is 3. The van der Waals surface area contributed by atoms with Gasteiger partial charge in [-0.05, 0) is 31.7 Å². The summed E-state index contributed by atoms with van der Waals surface area (Å²) in [5.41, 5.74) is 1.05. The second kappa shape index (κ2) is 19.0. The Kier molecular flexibility index (Phi) is 15.1. The summed E-state index contributed by atoms with van der Waals surface area (Å²) >= 11 is 6.49. The molecule has 0 amide bonds. The molecule has 0 bridgehead atoms. The average molecular weight is 757 g/mol. The molecule has 2 N–H and O–H groups in total. The Bertz CT molecular complexity index is 1580. The highest BCUT2D eigenvalue weighted by Gasteiger charge is 2.48. The van der Waals surface area contributed by atoms with Crippen LogP contribution < -0.4 is 5.32 Å². The maximum atomic E-state index is 13.5. The molecule has 0 aromatic carbocycles. The first kappa shape index (κ1) is 40.5. The van der Waals surface area contributed by atoms with Crippen molar-refractivity contribution in [3.8, 4) is 6.07 Å². The summed E-state index contributed by atoms with van der Waals surface area (Å²) in [6.07, 6.45) is 1.35. The lowest BCUT2D eigenvalue weighted by molar-refractivity contribution is -0.161. The van der Waals surface area contributed by atoms with Gasteiger partial charge in [0, 0.05) is 30.5 Å². The number of aliphatic hydroxyl groups is 1. The minimum atomic E-state index is -4.20. The molecule has 3 heterocycles. The predicted octanol–water partition coefficient (Wildman–Crippen LogP) is 5.54. The summed E-state index contributed by atoms with van der Waals surface area (Å²) in [5.74, 6) is -2.29. The van der Waals surface area contributed by atoms with Crippen molar-refractivity contribution in [1.82, 2.24) is 9.55 Å². The maximum Gasteiger partial charge on any atom is 0.361 e. The van der Waals surface area contributed by atoms with Gasteiger partial charge in [-0.2, -0.15) is 5.26 Å². The smallest absolute Gasteiger partial charge is 0.361 e. The van der Waals surface area contributed by atoms with Gasteiger partial charge in [-0.1, -0.05) is 52.1 Å². The molecule has 16 nitrogen and oxygen atoms in total. The van der Waals surface area contributed by atoms with E-state index in [4.69, 9.17) is 44.3 Å². The minimum Gasteiger partial charge on any atom is -0.456 e. The van der Waals surface area contributed by atoms with E-state index in [2.05, 4.69) is 16.4 Å². The number of fused-ring (bicyclic) bond motifs is 1. The van der Waals surface area contributed by atoms with E-state index in [1.165, 1.54) is 4.57 Å².